The highest BCUT2D eigenvalue weighted by Gasteiger charge is 2.13. The van der Waals surface area contributed by atoms with Gasteiger partial charge in [-0.15, -0.1) is 0 Å². The lowest BCUT2D eigenvalue weighted by Crippen LogP contribution is -2.22. The molecule has 0 radical (unpaired) electrons. The lowest BCUT2D eigenvalue weighted by molar-refractivity contribution is 0.646. The molecular formula is C25H26N4O. The van der Waals surface area contributed by atoms with Gasteiger partial charge in [0.1, 0.15) is 0 Å². The Morgan fingerprint density at radius 3 is 2.57 bits per heavy atom. The second kappa shape index (κ2) is 8.03. The van der Waals surface area contributed by atoms with Gasteiger partial charge < -0.3 is 0 Å². The number of benzene rings is 3. The van der Waals surface area contributed by atoms with Crippen molar-refractivity contribution in [2.45, 2.75) is 27.2 Å². The lowest BCUT2D eigenvalue weighted by Gasteiger charge is -2.09. The first-order valence-electron chi connectivity index (χ1n) is 10.2. The Kier molecular flexibility index (Phi) is 5.27. The van der Waals surface area contributed by atoms with Crippen molar-refractivity contribution in [1.82, 2.24) is 9.36 Å². The first-order valence-corrected chi connectivity index (χ1v) is 10.2. The minimum absolute atomic E-state index is 0.0889. The van der Waals surface area contributed by atoms with Gasteiger partial charge in [0, 0.05) is 13.2 Å². The topological polar surface area (TPSA) is 51.3 Å². The molecule has 0 saturated heterocycles. The smallest absolute Gasteiger partial charge is 0.280 e. The van der Waals surface area contributed by atoms with Crippen LogP contribution in [0.15, 0.2) is 76.8 Å². The third-order valence-electron chi connectivity index (χ3n) is 5.43. The van der Waals surface area contributed by atoms with Crippen LogP contribution in [0.4, 0.5) is 5.69 Å². The van der Waals surface area contributed by atoms with E-state index in [1.54, 1.807) is 9.36 Å². The van der Waals surface area contributed by atoms with Gasteiger partial charge in [0.2, 0.25) is 0 Å². The second-order valence-corrected chi connectivity index (χ2v) is 7.58. The second-order valence-electron chi connectivity index (χ2n) is 7.58. The number of aryl methyl sites for hydroxylation is 3. The molecule has 30 heavy (non-hydrogen) atoms. The molecule has 0 aliphatic rings. The summed E-state index contributed by atoms with van der Waals surface area (Å²) in [4.78, 5) is 13.0. The van der Waals surface area contributed by atoms with E-state index in [9.17, 15) is 4.79 Å². The van der Waals surface area contributed by atoms with Gasteiger partial charge in [-0.1, -0.05) is 43.3 Å². The van der Waals surface area contributed by atoms with Crippen LogP contribution in [0.3, 0.4) is 0 Å². The molecular weight excluding hydrogens is 372 g/mol. The van der Waals surface area contributed by atoms with Gasteiger partial charge in [0.05, 0.1) is 22.6 Å². The van der Waals surface area contributed by atoms with Crippen LogP contribution in [0, 0.1) is 6.92 Å². The minimum Gasteiger partial charge on any atom is -0.288 e. The third-order valence-corrected chi connectivity index (χ3v) is 5.43. The van der Waals surface area contributed by atoms with Crippen molar-refractivity contribution in [2.75, 3.05) is 5.43 Å². The van der Waals surface area contributed by atoms with Gasteiger partial charge in [-0.05, 0) is 66.4 Å². The monoisotopic (exact) mass is 398 g/mol. The summed E-state index contributed by atoms with van der Waals surface area (Å²) in [5.41, 5.74) is 8.50. The number of nitrogens with one attached hydrogen (secondary N) is 1. The van der Waals surface area contributed by atoms with Gasteiger partial charge >= 0.3 is 0 Å². The summed E-state index contributed by atoms with van der Waals surface area (Å²) in [7, 11) is 1.86. The molecule has 0 unspecified atom stereocenters. The minimum atomic E-state index is -0.0889. The molecule has 3 aromatic carbocycles. The van der Waals surface area contributed by atoms with E-state index in [-0.39, 0.29) is 5.56 Å². The molecule has 1 heterocycles. The number of para-hydroxylation sites is 1. The Balaban J connectivity index is 1.66. The van der Waals surface area contributed by atoms with Gasteiger partial charge in [-0.25, -0.2) is 4.68 Å². The van der Waals surface area contributed by atoms with Crippen LogP contribution in [0.1, 0.15) is 30.5 Å². The van der Waals surface area contributed by atoms with Crippen LogP contribution in [-0.2, 0) is 13.5 Å². The van der Waals surface area contributed by atoms with E-state index in [1.807, 2.05) is 50.5 Å². The van der Waals surface area contributed by atoms with Crippen LogP contribution in [-0.4, -0.2) is 15.1 Å². The van der Waals surface area contributed by atoms with E-state index in [4.69, 9.17) is 0 Å². The highest BCUT2D eigenvalue weighted by molar-refractivity contribution is 5.99. The zero-order valence-corrected chi connectivity index (χ0v) is 17.8. The molecule has 152 valence electrons. The van der Waals surface area contributed by atoms with Crippen molar-refractivity contribution in [3.05, 3.63) is 93.9 Å². The third kappa shape index (κ3) is 3.66. The average Bonchev–Trinajstić information content (AvgIpc) is 3.06. The lowest BCUT2D eigenvalue weighted by atomic mass is 10.0. The molecule has 0 fully saturated rings. The predicted octanol–water partition coefficient (Wildman–Crippen LogP) is 5.04. The highest BCUT2D eigenvalue weighted by atomic mass is 16.1. The van der Waals surface area contributed by atoms with E-state index in [0.29, 0.717) is 11.3 Å². The number of fused-ring (bicyclic) bond motifs is 1. The molecule has 0 aliphatic heterocycles. The maximum Gasteiger partial charge on any atom is 0.280 e. The number of rotatable bonds is 5. The van der Waals surface area contributed by atoms with Crippen LogP contribution in [0.2, 0.25) is 0 Å². The molecule has 5 nitrogen and oxygen atoms in total. The Bertz CT molecular complexity index is 1300. The quantitative estimate of drug-likeness (QED) is 0.378. The Morgan fingerprint density at radius 1 is 1.07 bits per heavy atom. The summed E-state index contributed by atoms with van der Waals surface area (Å²) in [6.45, 7) is 6.11. The normalized spacial score (nSPS) is 11.8. The first kappa shape index (κ1) is 19.7. The first-order chi connectivity index (χ1) is 14.5. The van der Waals surface area contributed by atoms with E-state index in [0.717, 1.165) is 17.8 Å². The van der Waals surface area contributed by atoms with Gasteiger partial charge in [-0.2, -0.15) is 5.10 Å². The summed E-state index contributed by atoms with van der Waals surface area (Å²) < 4.78 is 3.43. The largest absolute Gasteiger partial charge is 0.288 e. The molecule has 4 rings (SSSR count). The van der Waals surface area contributed by atoms with Gasteiger partial charge in [0.15, 0.2) is 0 Å². The number of anilines is 1. The van der Waals surface area contributed by atoms with Crippen molar-refractivity contribution in [3.8, 4) is 5.69 Å². The van der Waals surface area contributed by atoms with E-state index < -0.39 is 0 Å². The summed E-state index contributed by atoms with van der Waals surface area (Å²) in [6, 6.07) is 20.4. The van der Waals surface area contributed by atoms with E-state index >= 15 is 0 Å². The van der Waals surface area contributed by atoms with Crippen molar-refractivity contribution >= 4 is 22.2 Å². The predicted molar refractivity (Wildman–Crippen MR) is 125 cm³/mol. The van der Waals surface area contributed by atoms with Crippen LogP contribution < -0.4 is 11.0 Å². The molecule has 0 saturated carbocycles. The van der Waals surface area contributed by atoms with E-state index in [2.05, 4.69) is 54.7 Å². The Morgan fingerprint density at radius 2 is 1.83 bits per heavy atom. The van der Waals surface area contributed by atoms with Crippen molar-refractivity contribution in [2.24, 2.45) is 12.1 Å². The molecule has 0 atom stereocenters. The number of hydrazone groups is 1. The molecule has 0 spiro atoms. The average molecular weight is 399 g/mol. The number of hydrogen-bond acceptors (Lipinski definition) is 3. The maximum absolute atomic E-state index is 13.0. The van der Waals surface area contributed by atoms with Gasteiger partial charge in [0.25, 0.3) is 5.56 Å². The van der Waals surface area contributed by atoms with Crippen molar-refractivity contribution in [1.29, 1.82) is 0 Å². The standard InChI is InChI=1S/C25H26N4O/c1-5-19-11-12-23-17(2)13-21(15-20(23)14-19)27-26-18(3)24-16-28(4)29(25(24)30)22-9-7-6-8-10-22/h6-16,27H,5H2,1-4H3/b26-18+. The fourth-order valence-corrected chi connectivity index (χ4v) is 3.78. The van der Waals surface area contributed by atoms with Crippen LogP contribution >= 0.6 is 0 Å². The molecule has 1 N–H and O–H groups in total. The fourth-order valence-electron chi connectivity index (χ4n) is 3.78. The summed E-state index contributed by atoms with van der Waals surface area (Å²) in [5, 5.41) is 6.94. The molecule has 0 bridgehead atoms. The van der Waals surface area contributed by atoms with Crippen LogP contribution in [0.25, 0.3) is 16.5 Å². The molecule has 0 amide bonds. The zero-order valence-electron chi connectivity index (χ0n) is 17.8. The number of nitrogens with zero attached hydrogens (tertiary/aromatic N) is 3. The number of aromatic nitrogens is 2. The number of hydrogen-bond donors (Lipinski definition) is 1. The van der Waals surface area contributed by atoms with Gasteiger partial charge in [-0.3, -0.25) is 14.9 Å². The molecule has 4 aromatic rings. The summed E-state index contributed by atoms with van der Waals surface area (Å²) in [6.07, 6.45) is 2.82. The SMILES string of the molecule is CCc1ccc2c(C)cc(N/N=C(\C)c3cn(C)n(-c4ccccc4)c3=O)cc2c1. The molecule has 5 heteroatoms. The summed E-state index contributed by atoms with van der Waals surface area (Å²) in [5.74, 6) is 0. The highest BCUT2D eigenvalue weighted by Crippen LogP contribution is 2.25. The molecule has 0 aliphatic carbocycles. The zero-order chi connectivity index (χ0) is 21.3. The van der Waals surface area contributed by atoms with Crippen molar-refractivity contribution in [3.63, 3.8) is 0 Å². The Hall–Kier alpha value is -3.60. The molecule has 1 aromatic heterocycles. The Labute approximate surface area is 176 Å². The van der Waals surface area contributed by atoms with Crippen molar-refractivity contribution < 1.29 is 0 Å². The van der Waals surface area contributed by atoms with Crippen LogP contribution in [0.5, 0.6) is 0 Å². The van der Waals surface area contributed by atoms with E-state index in [1.165, 1.54) is 21.9 Å². The maximum atomic E-state index is 13.0. The summed E-state index contributed by atoms with van der Waals surface area (Å²) >= 11 is 0. The fraction of sp³-hybridized carbons (Fsp3) is 0.200.